The standard InChI is InChI=1S/C23H23FN4O2/c24-19-8-18(13-25-14-19)15-1-2-22-16(7-15)9-20(26-27-22)12-23(29)17-10-21(11-17)28-3-5-30-6-4-28/h1-2,7-9,13-14,17,21H,3-6,10-12H2. The summed E-state index contributed by atoms with van der Waals surface area (Å²) in [6.45, 7) is 3.50. The lowest BCUT2D eigenvalue weighted by Crippen LogP contribution is -2.51. The third-order valence-corrected chi connectivity index (χ3v) is 6.16. The molecule has 1 aliphatic heterocycles. The molecule has 0 spiro atoms. The zero-order valence-electron chi connectivity index (χ0n) is 16.6. The maximum Gasteiger partial charge on any atom is 0.142 e. The van der Waals surface area contributed by atoms with Gasteiger partial charge in [-0.15, -0.1) is 0 Å². The predicted octanol–water partition coefficient (Wildman–Crippen LogP) is 3.05. The van der Waals surface area contributed by atoms with E-state index in [1.165, 1.54) is 12.3 Å². The average molecular weight is 406 g/mol. The van der Waals surface area contributed by atoms with Gasteiger partial charge in [-0.3, -0.25) is 14.7 Å². The van der Waals surface area contributed by atoms with Crippen LogP contribution in [0.5, 0.6) is 0 Å². The molecule has 0 radical (unpaired) electrons. The van der Waals surface area contributed by atoms with Crippen LogP contribution in [0.1, 0.15) is 18.5 Å². The van der Waals surface area contributed by atoms with Crippen LogP contribution >= 0.6 is 0 Å². The van der Waals surface area contributed by atoms with Crippen molar-refractivity contribution in [3.63, 3.8) is 0 Å². The predicted molar refractivity (Wildman–Crippen MR) is 110 cm³/mol. The highest BCUT2D eigenvalue weighted by molar-refractivity contribution is 5.87. The zero-order valence-corrected chi connectivity index (χ0v) is 16.6. The molecule has 0 amide bonds. The molecule has 1 aromatic carbocycles. The first-order chi connectivity index (χ1) is 14.7. The van der Waals surface area contributed by atoms with E-state index in [0.29, 0.717) is 23.7 Å². The quantitative estimate of drug-likeness (QED) is 0.649. The molecule has 30 heavy (non-hydrogen) atoms. The minimum Gasteiger partial charge on any atom is -0.379 e. The minimum absolute atomic E-state index is 0.111. The van der Waals surface area contributed by atoms with E-state index in [1.54, 1.807) is 6.20 Å². The molecule has 0 unspecified atom stereocenters. The van der Waals surface area contributed by atoms with Crippen molar-refractivity contribution in [2.24, 2.45) is 5.92 Å². The minimum atomic E-state index is -0.373. The number of carbonyl (C=O) groups excluding carboxylic acids is 1. The summed E-state index contributed by atoms with van der Waals surface area (Å²) < 4.78 is 18.9. The molecular formula is C23H23FN4O2. The van der Waals surface area contributed by atoms with Crippen molar-refractivity contribution in [2.75, 3.05) is 26.3 Å². The van der Waals surface area contributed by atoms with E-state index in [0.717, 1.165) is 55.6 Å². The maximum atomic E-state index is 13.5. The number of halogens is 1. The fraction of sp³-hybridized carbons (Fsp3) is 0.391. The van der Waals surface area contributed by atoms with Crippen LogP contribution in [0.15, 0.2) is 42.7 Å². The molecule has 154 valence electrons. The topological polar surface area (TPSA) is 68.2 Å². The summed E-state index contributed by atoms with van der Waals surface area (Å²) >= 11 is 0. The Balaban J connectivity index is 1.27. The van der Waals surface area contributed by atoms with Gasteiger partial charge < -0.3 is 4.74 Å². The molecule has 2 fully saturated rings. The smallest absolute Gasteiger partial charge is 0.142 e. The molecule has 2 aliphatic rings. The van der Waals surface area contributed by atoms with Gasteiger partial charge in [-0.05, 0) is 42.7 Å². The summed E-state index contributed by atoms with van der Waals surface area (Å²) in [6.07, 6.45) is 4.97. The van der Waals surface area contributed by atoms with Crippen molar-refractivity contribution in [2.45, 2.75) is 25.3 Å². The lowest BCUT2D eigenvalue weighted by Gasteiger charge is -2.43. The van der Waals surface area contributed by atoms with Gasteiger partial charge in [0, 0.05) is 42.2 Å². The fourth-order valence-corrected chi connectivity index (χ4v) is 4.34. The van der Waals surface area contributed by atoms with Gasteiger partial charge in [0.15, 0.2) is 0 Å². The van der Waals surface area contributed by atoms with Gasteiger partial charge in [0.2, 0.25) is 0 Å². The van der Waals surface area contributed by atoms with Crippen LogP contribution in [0.4, 0.5) is 4.39 Å². The summed E-state index contributed by atoms with van der Waals surface area (Å²) in [5.41, 5.74) is 2.98. The van der Waals surface area contributed by atoms with Crippen LogP contribution in [-0.4, -0.2) is 58.2 Å². The van der Waals surface area contributed by atoms with Crippen LogP contribution in [0.2, 0.25) is 0 Å². The maximum absolute atomic E-state index is 13.5. The second-order valence-electron chi connectivity index (χ2n) is 8.11. The van der Waals surface area contributed by atoms with Gasteiger partial charge in [0.25, 0.3) is 0 Å². The number of pyridine rings is 1. The second kappa shape index (κ2) is 8.16. The molecule has 6 nitrogen and oxygen atoms in total. The Hall–Kier alpha value is -2.77. The Morgan fingerprint density at radius 2 is 1.90 bits per heavy atom. The highest BCUT2D eigenvalue weighted by atomic mass is 19.1. The fourth-order valence-electron chi connectivity index (χ4n) is 4.34. The Bertz CT molecular complexity index is 1080. The number of aromatic nitrogens is 3. The molecule has 5 rings (SSSR count). The van der Waals surface area contributed by atoms with E-state index in [1.807, 2.05) is 24.3 Å². The van der Waals surface area contributed by atoms with Gasteiger partial charge >= 0.3 is 0 Å². The Kier molecular flexibility index (Phi) is 5.23. The number of Topliss-reactive ketones (excluding diaryl/α,β-unsaturated/α-hetero) is 1. The van der Waals surface area contributed by atoms with E-state index in [4.69, 9.17) is 4.74 Å². The number of fused-ring (bicyclic) bond motifs is 1. The molecule has 0 N–H and O–H groups in total. The number of ether oxygens (including phenoxy) is 1. The molecular weight excluding hydrogens is 383 g/mol. The van der Waals surface area contributed by atoms with Gasteiger partial charge in [-0.1, -0.05) is 6.07 Å². The van der Waals surface area contributed by atoms with Crippen LogP contribution in [0.25, 0.3) is 22.0 Å². The SMILES string of the molecule is O=C(Cc1cc2cc(-c3cncc(F)c3)ccc2nn1)C1CC(N2CCOCC2)C1. The van der Waals surface area contributed by atoms with Gasteiger partial charge in [0.1, 0.15) is 11.6 Å². The number of hydrogen-bond donors (Lipinski definition) is 0. The lowest BCUT2D eigenvalue weighted by atomic mass is 9.75. The van der Waals surface area contributed by atoms with E-state index in [-0.39, 0.29) is 17.5 Å². The normalized spacial score (nSPS) is 22.0. The number of hydrogen-bond acceptors (Lipinski definition) is 6. The van der Waals surface area contributed by atoms with Crippen molar-refractivity contribution in [3.8, 4) is 11.1 Å². The van der Waals surface area contributed by atoms with Crippen molar-refractivity contribution < 1.29 is 13.9 Å². The van der Waals surface area contributed by atoms with Crippen LogP contribution in [0.3, 0.4) is 0 Å². The van der Waals surface area contributed by atoms with Crippen molar-refractivity contribution in [3.05, 3.63) is 54.2 Å². The van der Waals surface area contributed by atoms with Crippen molar-refractivity contribution in [1.82, 2.24) is 20.1 Å². The first-order valence-corrected chi connectivity index (χ1v) is 10.4. The molecule has 3 heterocycles. The van der Waals surface area contributed by atoms with Crippen LogP contribution in [-0.2, 0) is 16.0 Å². The van der Waals surface area contributed by atoms with E-state index < -0.39 is 0 Å². The molecule has 3 aromatic rings. The molecule has 7 heteroatoms. The molecule has 0 bridgehead atoms. The average Bonchev–Trinajstić information content (AvgIpc) is 2.73. The van der Waals surface area contributed by atoms with Gasteiger partial charge in [-0.25, -0.2) is 4.39 Å². The number of nitrogens with zero attached hydrogens (tertiary/aromatic N) is 4. The van der Waals surface area contributed by atoms with Crippen LogP contribution in [0, 0.1) is 11.7 Å². The monoisotopic (exact) mass is 406 g/mol. The summed E-state index contributed by atoms with van der Waals surface area (Å²) in [4.78, 5) is 19.1. The largest absolute Gasteiger partial charge is 0.379 e. The third-order valence-electron chi connectivity index (χ3n) is 6.16. The number of rotatable bonds is 5. The highest BCUT2D eigenvalue weighted by Crippen LogP contribution is 2.33. The van der Waals surface area contributed by atoms with E-state index >= 15 is 0 Å². The zero-order chi connectivity index (χ0) is 20.5. The molecule has 1 aliphatic carbocycles. The Labute approximate surface area is 174 Å². The van der Waals surface area contributed by atoms with E-state index in [2.05, 4.69) is 20.1 Å². The van der Waals surface area contributed by atoms with E-state index in [9.17, 15) is 9.18 Å². The van der Waals surface area contributed by atoms with Gasteiger partial charge in [-0.2, -0.15) is 10.2 Å². The lowest BCUT2D eigenvalue weighted by molar-refractivity contribution is -0.127. The summed E-state index contributed by atoms with van der Waals surface area (Å²) in [6, 6.07) is 9.54. The third kappa shape index (κ3) is 3.95. The molecule has 1 saturated heterocycles. The number of ketones is 1. The summed E-state index contributed by atoms with van der Waals surface area (Å²) in [5, 5.41) is 9.39. The van der Waals surface area contributed by atoms with Crippen LogP contribution < -0.4 is 0 Å². The van der Waals surface area contributed by atoms with Crippen molar-refractivity contribution >= 4 is 16.7 Å². The molecule has 1 saturated carbocycles. The number of morpholine rings is 1. The summed E-state index contributed by atoms with van der Waals surface area (Å²) in [7, 11) is 0. The first-order valence-electron chi connectivity index (χ1n) is 10.4. The second-order valence-corrected chi connectivity index (χ2v) is 8.11. The number of benzene rings is 1. The highest BCUT2D eigenvalue weighted by Gasteiger charge is 2.38. The molecule has 0 atom stereocenters. The Morgan fingerprint density at radius 3 is 2.70 bits per heavy atom. The molecule has 2 aromatic heterocycles. The number of carbonyl (C=O) groups is 1. The first kappa shape index (κ1) is 19.2. The summed E-state index contributed by atoms with van der Waals surface area (Å²) in [5.74, 6) is -0.0266. The van der Waals surface area contributed by atoms with Gasteiger partial charge in [0.05, 0.1) is 37.0 Å². The van der Waals surface area contributed by atoms with Crippen molar-refractivity contribution in [1.29, 1.82) is 0 Å². The Morgan fingerprint density at radius 1 is 1.07 bits per heavy atom.